The minimum atomic E-state index is -0.550. The molecular weight excluding hydrogens is 471 g/mol. The normalized spacial score (nSPS) is 14.6. The molecule has 0 fully saturated rings. The fourth-order valence-corrected chi connectivity index (χ4v) is 4.33. The number of H-pyrrole nitrogens is 1. The van der Waals surface area contributed by atoms with Crippen LogP contribution in [0.4, 0.5) is 4.39 Å². The van der Waals surface area contributed by atoms with E-state index in [1.807, 2.05) is 56.3 Å². The highest BCUT2D eigenvalue weighted by atomic mass is 19.1. The highest BCUT2D eigenvalue weighted by Crippen LogP contribution is 2.46. The summed E-state index contributed by atoms with van der Waals surface area (Å²) >= 11 is 0. The van der Waals surface area contributed by atoms with Crippen LogP contribution in [0.2, 0.25) is 0 Å². The predicted octanol–water partition coefficient (Wildman–Crippen LogP) is 5.80. The molecule has 0 amide bonds. The number of fused-ring (bicyclic) bond motifs is 1. The van der Waals surface area contributed by atoms with Gasteiger partial charge in [-0.3, -0.25) is 5.10 Å². The molecule has 1 aromatic heterocycles. The summed E-state index contributed by atoms with van der Waals surface area (Å²) < 4.78 is 31.4. The van der Waals surface area contributed by atoms with Gasteiger partial charge in [-0.25, -0.2) is 4.39 Å². The van der Waals surface area contributed by atoms with Gasteiger partial charge in [-0.1, -0.05) is 30.3 Å². The Morgan fingerprint density at radius 2 is 1.86 bits per heavy atom. The van der Waals surface area contributed by atoms with Gasteiger partial charge in [0.2, 0.25) is 11.8 Å². The maximum atomic E-state index is 14.1. The Morgan fingerprint density at radius 3 is 2.59 bits per heavy atom. The second-order valence-electron chi connectivity index (χ2n) is 8.89. The van der Waals surface area contributed by atoms with E-state index in [1.54, 1.807) is 24.3 Å². The molecule has 0 saturated carbocycles. The van der Waals surface area contributed by atoms with Crippen LogP contribution in [0.1, 0.15) is 36.5 Å². The fraction of sp³-hybridized carbons (Fsp3) is 0.172. The van der Waals surface area contributed by atoms with Crippen LogP contribution in [0, 0.1) is 17.1 Å². The molecule has 5 rings (SSSR count). The van der Waals surface area contributed by atoms with Crippen molar-refractivity contribution in [3.8, 4) is 34.7 Å². The topological polar surface area (TPSA) is 106 Å². The summed E-state index contributed by atoms with van der Waals surface area (Å²) in [6.07, 6.45) is 0.0581. The quantitative estimate of drug-likeness (QED) is 0.335. The average Bonchev–Trinajstić information content (AvgIpc) is 3.31. The smallest absolute Gasteiger partial charge is 0.244 e. The SMILES string of the molecule is CC(C)Oc1ccc(-c2[nH]nc3c2[C@@H](c2cccc(OCc4ccccc4F)c2)C(C#N)=C(N)O3)cc1. The molecule has 0 aliphatic carbocycles. The summed E-state index contributed by atoms with van der Waals surface area (Å²) in [7, 11) is 0. The molecule has 1 atom stereocenters. The molecule has 8 heteroatoms. The monoisotopic (exact) mass is 496 g/mol. The van der Waals surface area contributed by atoms with Crippen molar-refractivity contribution in [1.29, 1.82) is 5.26 Å². The number of ether oxygens (including phenoxy) is 3. The molecule has 3 N–H and O–H groups in total. The maximum absolute atomic E-state index is 14.1. The van der Waals surface area contributed by atoms with E-state index in [2.05, 4.69) is 16.3 Å². The molecule has 2 heterocycles. The minimum absolute atomic E-state index is 0.00332. The number of nitriles is 1. The second kappa shape index (κ2) is 10.1. The van der Waals surface area contributed by atoms with Crippen molar-refractivity contribution in [2.24, 2.45) is 5.73 Å². The number of halogens is 1. The number of nitrogens with one attached hydrogen (secondary N) is 1. The average molecular weight is 497 g/mol. The van der Waals surface area contributed by atoms with E-state index in [0.29, 0.717) is 28.5 Å². The molecule has 186 valence electrons. The summed E-state index contributed by atoms with van der Waals surface area (Å²) in [6, 6.07) is 23.6. The van der Waals surface area contributed by atoms with E-state index in [4.69, 9.17) is 19.9 Å². The number of allylic oxidation sites excluding steroid dienone is 1. The minimum Gasteiger partial charge on any atom is -0.491 e. The highest BCUT2D eigenvalue weighted by molar-refractivity contribution is 5.71. The Balaban J connectivity index is 1.51. The van der Waals surface area contributed by atoms with Crippen LogP contribution in [-0.2, 0) is 6.61 Å². The van der Waals surface area contributed by atoms with Crippen LogP contribution in [-0.4, -0.2) is 16.3 Å². The molecule has 0 spiro atoms. The van der Waals surface area contributed by atoms with Crippen molar-refractivity contribution >= 4 is 0 Å². The van der Waals surface area contributed by atoms with Crippen molar-refractivity contribution < 1.29 is 18.6 Å². The molecule has 0 radical (unpaired) electrons. The zero-order valence-electron chi connectivity index (χ0n) is 20.4. The van der Waals surface area contributed by atoms with Crippen molar-refractivity contribution in [1.82, 2.24) is 10.2 Å². The predicted molar refractivity (Wildman–Crippen MR) is 136 cm³/mol. The lowest BCUT2D eigenvalue weighted by Gasteiger charge is -2.24. The Bertz CT molecular complexity index is 1500. The van der Waals surface area contributed by atoms with Crippen molar-refractivity contribution in [2.75, 3.05) is 0 Å². The third-order valence-corrected chi connectivity index (χ3v) is 6.00. The Hall–Kier alpha value is -4.77. The molecule has 0 unspecified atom stereocenters. The molecule has 0 saturated heterocycles. The van der Waals surface area contributed by atoms with Crippen LogP contribution in [0.25, 0.3) is 11.3 Å². The van der Waals surface area contributed by atoms with Crippen molar-refractivity contribution in [3.05, 3.63) is 107 Å². The number of hydrogen-bond donors (Lipinski definition) is 2. The van der Waals surface area contributed by atoms with Crippen molar-refractivity contribution in [2.45, 2.75) is 32.5 Å². The maximum Gasteiger partial charge on any atom is 0.244 e. The number of aromatic amines is 1. The zero-order valence-corrected chi connectivity index (χ0v) is 20.4. The van der Waals surface area contributed by atoms with Crippen LogP contribution < -0.4 is 19.9 Å². The number of nitrogens with zero attached hydrogens (tertiary/aromatic N) is 2. The summed E-state index contributed by atoms with van der Waals surface area (Å²) in [5.41, 5.74) is 9.85. The first-order valence-electron chi connectivity index (χ1n) is 11.8. The van der Waals surface area contributed by atoms with Gasteiger partial charge in [-0.2, -0.15) is 5.26 Å². The molecule has 7 nitrogen and oxygen atoms in total. The summed E-state index contributed by atoms with van der Waals surface area (Å²) in [4.78, 5) is 0. The number of rotatable bonds is 7. The van der Waals surface area contributed by atoms with Crippen LogP contribution >= 0.6 is 0 Å². The third kappa shape index (κ3) is 4.84. The van der Waals surface area contributed by atoms with E-state index < -0.39 is 5.92 Å². The molecule has 3 aromatic carbocycles. The van der Waals surface area contributed by atoms with E-state index in [9.17, 15) is 9.65 Å². The van der Waals surface area contributed by atoms with Crippen molar-refractivity contribution in [3.63, 3.8) is 0 Å². The Morgan fingerprint density at radius 1 is 1.08 bits per heavy atom. The van der Waals surface area contributed by atoms with Gasteiger partial charge in [0.25, 0.3) is 0 Å². The summed E-state index contributed by atoms with van der Waals surface area (Å²) in [5.74, 6) is 0.702. The lowest BCUT2D eigenvalue weighted by atomic mass is 9.83. The Labute approximate surface area is 213 Å². The van der Waals surface area contributed by atoms with Gasteiger partial charge in [0, 0.05) is 11.1 Å². The van der Waals surface area contributed by atoms with E-state index in [-0.39, 0.29) is 30.0 Å². The highest BCUT2D eigenvalue weighted by Gasteiger charge is 2.35. The number of nitrogens with two attached hydrogens (primary N) is 1. The molecular formula is C29H25FN4O3. The van der Waals surface area contributed by atoms with E-state index in [1.165, 1.54) is 6.07 Å². The van der Waals surface area contributed by atoms with Gasteiger partial charge in [0.15, 0.2) is 0 Å². The van der Waals surface area contributed by atoms with Gasteiger partial charge in [-0.05, 0) is 61.9 Å². The first kappa shape index (κ1) is 23.9. The summed E-state index contributed by atoms with van der Waals surface area (Å²) in [5, 5.41) is 17.4. The molecule has 0 bridgehead atoms. The standard InChI is InChI=1S/C29H25FN4O3/c1-17(2)36-21-12-10-18(11-13-21)27-26-25(23(15-31)28(32)37-29(26)34-33-27)19-7-5-8-22(14-19)35-16-20-6-3-4-9-24(20)30/h3-14,17,25H,16,32H2,1-2H3,(H,33,34)/t25-/m0/s1. The Kier molecular flexibility index (Phi) is 6.52. The van der Waals surface area contributed by atoms with Gasteiger partial charge in [0.05, 0.1) is 23.3 Å². The lowest BCUT2D eigenvalue weighted by Crippen LogP contribution is -2.21. The van der Waals surface area contributed by atoms with E-state index >= 15 is 0 Å². The molecule has 37 heavy (non-hydrogen) atoms. The molecule has 1 aliphatic heterocycles. The van der Waals surface area contributed by atoms with Crippen LogP contribution in [0.15, 0.2) is 84.3 Å². The third-order valence-electron chi connectivity index (χ3n) is 6.00. The largest absolute Gasteiger partial charge is 0.491 e. The zero-order chi connectivity index (χ0) is 25.9. The molecule has 1 aliphatic rings. The van der Waals surface area contributed by atoms with Gasteiger partial charge in [-0.15, -0.1) is 5.10 Å². The van der Waals surface area contributed by atoms with Gasteiger partial charge < -0.3 is 19.9 Å². The fourth-order valence-electron chi connectivity index (χ4n) is 4.33. The summed E-state index contributed by atoms with van der Waals surface area (Å²) in [6.45, 7) is 4.00. The lowest BCUT2D eigenvalue weighted by molar-refractivity contribution is 0.242. The molecule has 4 aromatic rings. The first-order chi connectivity index (χ1) is 17.9. The van der Waals surface area contributed by atoms with Crippen LogP contribution in [0.5, 0.6) is 17.4 Å². The number of aromatic nitrogens is 2. The first-order valence-corrected chi connectivity index (χ1v) is 11.8. The van der Waals surface area contributed by atoms with Crippen LogP contribution in [0.3, 0.4) is 0 Å². The van der Waals surface area contributed by atoms with Gasteiger partial charge >= 0.3 is 0 Å². The number of hydrogen-bond acceptors (Lipinski definition) is 6. The van der Waals surface area contributed by atoms with Gasteiger partial charge in [0.1, 0.15) is 35.6 Å². The number of benzene rings is 3. The van der Waals surface area contributed by atoms with E-state index in [0.717, 1.165) is 16.9 Å². The second-order valence-corrected chi connectivity index (χ2v) is 8.89.